The highest BCUT2D eigenvalue weighted by atomic mass is 14.8. The largest absolute Gasteiger partial charge is 0.317 e. The first kappa shape index (κ1) is 15.2. The highest BCUT2D eigenvalue weighted by Crippen LogP contribution is 1.85. The molecule has 80 valence electrons. The van der Waals surface area contributed by atoms with Crippen molar-refractivity contribution in [3.8, 4) is 0 Å². The minimum atomic E-state index is 1.17. The summed E-state index contributed by atoms with van der Waals surface area (Å²) in [6, 6.07) is 0. The van der Waals surface area contributed by atoms with Gasteiger partial charge in [-0.2, -0.15) is 0 Å². The Labute approximate surface area is 84.6 Å². The van der Waals surface area contributed by atoms with Gasteiger partial charge in [-0.15, -0.1) is 6.58 Å². The van der Waals surface area contributed by atoms with E-state index in [1.165, 1.54) is 44.3 Å². The molecule has 0 aromatic carbocycles. The minimum absolute atomic E-state index is 1.17. The summed E-state index contributed by atoms with van der Waals surface area (Å²) in [5, 5.41) is 3.39. The van der Waals surface area contributed by atoms with Gasteiger partial charge in [0.2, 0.25) is 0 Å². The molecule has 0 aromatic heterocycles. The van der Waals surface area contributed by atoms with Crippen LogP contribution in [0.3, 0.4) is 0 Å². The summed E-state index contributed by atoms with van der Waals surface area (Å²) in [7, 11) is 0. The van der Waals surface area contributed by atoms with Gasteiger partial charge in [0, 0.05) is 0 Å². The van der Waals surface area contributed by atoms with E-state index in [1.54, 1.807) is 0 Å². The SMILES string of the molecule is C=C(C)C.CCCCNCCCC. The summed E-state index contributed by atoms with van der Waals surface area (Å²) in [6.07, 6.45) is 5.26. The molecule has 0 fully saturated rings. The highest BCUT2D eigenvalue weighted by molar-refractivity contribution is 4.78. The summed E-state index contributed by atoms with van der Waals surface area (Å²) in [5.41, 5.74) is 1.17. The van der Waals surface area contributed by atoms with Gasteiger partial charge in [0.15, 0.2) is 0 Å². The van der Waals surface area contributed by atoms with Gasteiger partial charge in [0.1, 0.15) is 0 Å². The maximum absolute atomic E-state index is 3.56. The predicted octanol–water partition coefficient (Wildman–Crippen LogP) is 3.76. The fourth-order valence-electron chi connectivity index (χ4n) is 0.729. The zero-order valence-electron chi connectivity index (χ0n) is 9.95. The van der Waals surface area contributed by atoms with E-state index in [-0.39, 0.29) is 0 Å². The number of allylic oxidation sites excluding steroid dienone is 1. The molecule has 1 heteroatoms. The van der Waals surface area contributed by atoms with Gasteiger partial charge >= 0.3 is 0 Å². The summed E-state index contributed by atoms with van der Waals surface area (Å²) in [4.78, 5) is 0. The van der Waals surface area contributed by atoms with Gasteiger partial charge in [0.05, 0.1) is 0 Å². The van der Waals surface area contributed by atoms with E-state index in [0.717, 1.165) is 0 Å². The maximum atomic E-state index is 3.56. The number of hydrogen-bond donors (Lipinski definition) is 1. The van der Waals surface area contributed by atoms with Gasteiger partial charge in [-0.1, -0.05) is 32.3 Å². The molecule has 1 nitrogen and oxygen atoms in total. The van der Waals surface area contributed by atoms with Crippen LogP contribution in [0.1, 0.15) is 53.4 Å². The Balaban J connectivity index is 0. The average Bonchev–Trinajstić information content (AvgIpc) is 2.03. The van der Waals surface area contributed by atoms with Gasteiger partial charge in [0.25, 0.3) is 0 Å². The maximum Gasteiger partial charge on any atom is -0.00490 e. The molecule has 0 spiro atoms. The smallest absolute Gasteiger partial charge is 0.00490 e. The van der Waals surface area contributed by atoms with Crippen molar-refractivity contribution < 1.29 is 0 Å². The van der Waals surface area contributed by atoms with Crippen molar-refractivity contribution in [1.82, 2.24) is 5.32 Å². The van der Waals surface area contributed by atoms with Crippen LogP contribution in [-0.4, -0.2) is 13.1 Å². The van der Waals surface area contributed by atoms with Gasteiger partial charge < -0.3 is 5.32 Å². The number of nitrogens with one attached hydrogen (secondary N) is 1. The Hall–Kier alpha value is -0.300. The normalized spacial score (nSPS) is 8.92. The van der Waals surface area contributed by atoms with Crippen molar-refractivity contribution in [3.05, 3.63) is 12.2 Å². The molecule has 0 radical (unpaired) electrons. The Bertz CT molecular complexity index is 87.3. The summed E-state index contributed by atoms with van der Waals surface area (Å²) < 4.78 is 0. The first-order chi connectivity index (χ1) is 6.15. The molecular formula is C12H27N. The molecule has 0 aliphatic rings. The first-order valence-electron chi connectivity index (χ1n) is 5.47. The standard InChI is InChI=1S/C8H19N.C4H8/c1-3-5-7-9-8-6-4-2;1-4(2)3/h9H,3-8H2,1-2H3;1H2,2-3H3. The molecule has 0 heterocycles. The summed E-state index contributed by atoms with van der Waals surface area (Å²) >= 11 is 0. The van der Waals surface area contributed by atoms with Gasteiger partial charge in [-0.25, -0.2) is 0 Å². The van der Waals surface area contributed by atoms with E-state index in [0.29, 0.717) is 0 Å². The summed E-state index contributed by atoms with van der Waals surface area (Å²) in [6.45, 7) is 14.4. The highest BCUT2D eigenvalue weighted by Gasteiger charge is 1.83. The van der Waals surface area contributed by atoms with Crippen molar-refractivity contribution in [2.24, 2.45) is 0 Å². The second-order valence-corrected chi connectivity index (χ2v) is 3.66. The number of rotatable bonds is 6. The zero-order chi connectivity index (χ0) is 10.5. The van der Waals surface area contributed by atoms with Crippen molar-refractivity contribution in [3.63, 3.8) is 0 Å². The predicted molar refractivity (Wildman–Crippen MR) is 63.2 cm³/mol. The molecule has 0 saturated carbocycles. The van der Waals surface area contributed by atoms with Crippen LogP contribution >= 0.6 is 0 Å². The molecule has 0 aromatic rings. The van der Waals surface area contributed by atoms with Crippen LogP contribution < -0.4 is 5.32 Å². The minimum Gasteiger partial charge on any atom is -0.317 e. The molecule has 1 N–H and O–H groups in total. The van der Waals surface area contributed by atoms with E-state index < -0.39 is 0 Å². The molecule has 0 unspecified atom stereocenters. The second kappa shape index (κ2) is 14.2. The molecule has 0 atom stereocenters. The Kier molecular flexibility index (Phi) is 16.6. The van der Waals surface area contributed by atoms with Crippen LogP contribution in [0.5, 0.6) is 0 Å². The van der Waals surface area contributed by atoms with Crippen molar-refractivity contribution in [2.75, 3.05) is 13.1 Å². The van der Waals surface area contributed by atoms with Gasteiger partial charge in [-0.05, 0) is 39.8 Å². The lowest BCUT2D eigenvalue weighted by Gasteiger charge is -1.99. The van der Waals surface area contributed by atoms with Crippen LogP contribution in [0.25, 0.3) is 0 Å². The number of hydrogen-bond acceptors (Lipinski definition) is 1. The molecule has 0 amide bonds. The molecule has 0 aliphatic carbocycles. The lowest BCUT2D eigenvalue weighted by Crippen LogP contribution is -2.15. The van der Waals surface area contributed by atoms with E-state index in [1.807, 2.05) is 13.8 Å². The Morgan fingerprint density at radius 3 is 1.54 bits per heavy atom. The molecule has 0 rings (SSSR count). The van der Waals surface area contributed by atoms with Crippen LogP contribution in [0, 0.1) is 0 Å². The van der Waals surface area contributed by atoms with Crippen molar-refractivity contribution in [1.29, 1.82) is 0 Å². The fourth-order valence-corrected chi connectivity index (χ4v) is 0.729. The number of unbranched alkanes of at least 4 members (excludes halogenated alkanes) is 2. The molecule has 0 aliphatic heterocycles. The van der Waals surface area contributed by atoms with E-state index >= 15 is 0 Å². The third kappa shape index (κ3) is 33.9. The van der Waals surface area contributed by atoms with Crippen LogP contribution in [-0.2, 0) is 0 Å². The third-order valence-electron chi connectivity index (χ3n) is 1.41. The van der Waals surface area contributed by atoms with Crippen molar-refractivity contribution in [2.45, 2.75) is 53.4 Å². The molecule has 0 bridgehead atoms. The second-order valence-electron chi connectivity index (χ2n) is 3.66. The van der Waals surface area contributed by atoms with E-state index in [2.05, 4.69) is 25.7 Å². The zero-order valence-corrected chi connectivity index (χ0v) is 9.95. The van der Waals surface area contributed by atoms with Crippen LogP contribution in [0.4, 0.5) is 0 Å². The molecule has 13 heavy (non-hydrogen) atoms. The topological polar surface area (TPSA) is 12.0 Å². The van der Waals surface area contributed by atoms with E-state index in [9.17, 15) is 0 Å². The third-order valence-corrected chi connectivity index (χ3v) is 1.41. The Morgan fingerprint density at radius 2 is 1.31 bits per heavy atom. The average molecular weight is 185 g/mol. The summed E-state index contributed by atoms with van der Waals surface area (Å²) in [5.74, 6) is 0. The fraction of sp³-hybridized carbons (Fsp3) is 0.833. The monoisotopic (exact) mass is 185 g/mol. The molecular weight excluding hydrogens is 158 g/mol. The van der Waals surface area contributed by atoms with E-state index in [4.69, 9.17) is 0 Å². The van der Waals surface area contributed by atoms with Crippen molar-refractivity contribution >= 4 is 0 Å². The quantitative estimate of drug-likeness (QED) is 0.491. The lowest BCUT2D eigenvalue weighted by atomic mass is 10.3. The van der Waals surface area contributed by atoms with Crippen LogP contribution in [0.2, 0.25) is 0 Å². The first-order valence-corrected chi connectivity index (χ1v) is 5.47. The Morgan fingerprint density at radius 1 is 1.00 bits per heavy atom. The van der Waals surface area contributed by atoms with Crippen LogP contribution in [0.15, 0.2) is 12.2 Å². The molecule has 0 saturated heterocycles. The lowest BCUT2D eigenvalue weighted by molar-refractivity contribution is 0.611. The van der Waals surface area contributed by atoms with Gasteiger partial charge in [-0.3, -0.25) is 0 Å².